The highest BCUT2D eigenvalue weighted by Crippen LogP contribution is 2.25. The summed E-state index contributed by atoms with van der Waals surface area (Å²) < 4.78 is 5.08. The van der Waals surface area contributed by atoms with Gasteiger partial charge in [-0.3, -0.25) is 4.90 Å². The zero-order chi connectivity index (χ0) is 13.1. The minimum absolute atomic E-state index is 0.329. The molecule has 0 bridgehead atoms. The van der Waals surface area contributed by atoms with Gasteiger partial charge in [0.2, 0.25) is 0 Å². The number of hydrogen-bond acceptors (Lipinski definition) is 5. The standard InChI is InChI=1S/C14H18N2O2S/c17-8-11-1-4-16(5-2-11)7-13-10-19-14(15-13)12-3-6-18-9-12/h3,6,9-11,17H,1-2,4-5,7-8H2. The Bertz CT molecular complexity index is 501. The smallest absolute Gasteiger partial charge is 0.126 e. The lowest BCUT2D eigenvalue weighted by Gasteiger charge is -2.30. The quantitative estimate of drug-likeness (QED) is 0.934. The third-order valence-corrected chi connectivity index (χ3v) is 4.61. The van der Waals surface area contributed by atoms with Crippen LogP contribution in [0.3, 0.4) is 0 Å². The first-order chi connectivity index (χ1) is 9.35. The van der Waals surface area contributed by atoms with Gasteiger partial charge in [-0.05, 0) is 37.9 Å². The predicted molar refractivity (Wildman–Crippen MR) is 74.9 cm³/mol. The number of aliphatic hydroxyl groups is 1. The molecule has 1 aliphatic rings. The second kappa shape index (κ2) is 5.86. The van der Waals surface area contributed by atoms with Crippen molar-refractivity contribution in [3.63, 3.8) is 0 Å². The number of hydrogen-bond donors (Lipinski definition) is 1. The maximum atomic E-state index is 9.14. The molecule has 0 atom stereocenters. The zero-order valence-electron chi connectivity index (χ0n) is 10.8. The normalized spacial score (nSPS) is 17.9. The van der Waals surface area contributed by atoms with Crippen LogP contribution >= 0.6 is 11.3 Å². The third-order valence-electron chi connectivity index (χ3n) is 3.67. The molecule has 1 fully saturated rings. The topological polar surface area (TPSA) is 49.5 Å². The Morgan fingerprint density at radius 3 is 2.95 bits per heavy atom. The molecule has 0 aromatic carbocycles. The molecule has 19 heavy (non-hydrogen) atoms. The number of aromatic nitrogens is 1. The van der Waals surface area contributed by atoms with Crippen molar-refractivity contribution >= 4 is 11.3 Å². The van der Waals surface area contributed by atoms with Gasteiger partial charge in [0.1, 0.15) is 11.3 Å². The number of aliphatic hydroxyl groups excluding tert-OH is 1. The van der Waals surface area contributed by atoms with E-state index in [0.29, 0.717) is 12.5 Å². The average Bonchev–Trinajstić information content (AvgIpc) is 3.10. The molecule has 2 aromatic heterocycles. The molecule has 0 radical (unpaired) electrons. The first-order valence-electron chi connectivity index (χ1n) is 6.65. The van der Waals surface area contributed by atoms with Crippen molar-refractivity contribution < 1.29 is 9.52 Å². The summed E-state index contributed by atoms with van der Waals surface area (Å²) in [5, 5.41) is 12.3. The molecule has 2 aromatic rings. The Morgan fingerprint density at radius 2 is 2.26 bits per heavy atom. The fourth-order valence-electron chi connectivity index (χ4n) is 2.45. The second-order valence-corrected chi connectivity index (χ2v) is 5.92. The number of nitrogens with zero attached hydrogens (tertiary/aromatic N) is 2. The largest absolute Gasteiger partial charge is 0.472 e. The molecule has 1 N–H and O–H groups in total. The maximum Gasteiger partial charge on any atom is 0.126 e. The summed E-state index contributed by atoms with van der Waals surface area (Å²) in [4.78, 5) is 7.07. The monoisotopic (exact) mass is 278 g/mol. The van der Waals surface area contributed by atoms with E-state index in [4.69, 9.17) is 9.52 Å². The van der Waals surface area contributed by atoms with E-state index >= 15 is 0 Å². The number of likely N-dealkylation sites (tertiary alicyclic amines) is 1. The van der Waals surface area contributed by atoms with Gasteiger partial charge in [-0.25, -0.2) is 4.98 Å². The summed E-state index contributed by atoms with van der Waals surface area (Å²) in [6.07, 6.45) is 5.59. The molecule has 3 heterocycles. The van der Waals surface area contributed by atoms with Crippen molar-refractivity contribution in [1.29, 1.82) is 0 Å². The number of thiazole rings is 1. The van der Waals surface area contributed by atoms with E-state index in [-0.39, 0.29) is 0 Å². The lowest BCUT2D eigenvalue weighted by Crippen LogP contribution is -2.34. The highest BCUT2D eigenvalue weighted by molar-refractivity contribution is 7.13. The summed E-state index contributed by atoms with van der Waals surface area (Å²) in [5.41, 5.74) is 2.18. The highest BCUT2D eigenvalue weighted by atomic mass is 32.1. The van der Waals surface area contributed by atoms with Crippen LogP contribution in [0.25, 0.3) is 10.6 Å². The van der Waals surface area contributed by atoms with Gasteiger partial charge in [0, 0.05) is 24.1 Å². The van der Waals surface area contributed by atoms with Crippen molar-refractivity contribution in [2.24, 2.45) is 5.92 Å². The van der Waals surface area contributed by atoms with Crippen LogP contribution in [-0.2, 0) is 6.54 Å². The summed E-state index contributed by atoms with van der Waals surface area (Å²) >= 11 is 1.66. The molecular formula is C14H18N2O2S. The Hall–Kier alpha value is -1.17. The van der Waals surface area contributed by atoms with Gasteiger partial charge in [0.05, 0.1) is 12.0 Å². The van der Waals surface area contributed by atoms with Crippen LogP contribution in [0, 0.1) is 5.92 Å². The van der Waals surface area contributed by atoms with Crippen molar-refractivity contribution in [1.82, 2.24) is 9.88 Å². The predicted octanol–water partition coefficient (Wildman–Crippen LogP) is 2.61. The Labute approximate surface area is 116 Å². The SMILES string of the molecule is OCC1CCN(Cc2csc(-c3ccoc3)n2)CC1. The van der Waals surface area contributed by atoms with Gasteiger partial charge in [-0.1, -0.05) is 0 Å². The molecule has 0 aliphatic carbocycles. The maximum absolute atomic E-state index is 9.14. The van der Waals surface area contributed by atoms with Crippen LogP contribution in [0.4, 0.5) is 0 Å². The van der Waals surface area contributed by atoms with Gasteiger partial charge in [0.25, 0.3) is 0 Å². The third kappa shape index (κ3) is 3.05. The van der Waals surface area contributed by atoms with E-state index < -0.39 is 0 Å². The van der Waals surface area contributed by atoms with Crippen LogP contribution in [-0.4, -0.2) is 34.7 Å². The lowest BCUT2D eigenvalue weighted by molar-refractivity contribution is 0.126. The molecule has 0 unspecified atom stereocenters. The minimum Gasteiger partial charge on any atom is -0.472 e. The average molecular weight is 278 g/mol. The van der Waals surface area contributed by atoms with Crippen molar-refractivity contribution in [3.05, 3.63) is 29.7 Å². The Kier molecular flexibility index (Phi) is 3.96. The molecular weight excluding hydrogens is 260 g/mol. The molecule has 0 spiro atoms. The van der Waals surface area contributed by atoms with Crippen molar-refractivity contribution in [2.45, 2.75) is 19.4 Å². The first-order valence-corrected chi connectivity index (χ1v) is 7.53. The molecule has 3 rings (SSSR count). The lowest BCUT2D eigenvalue weighted by atomic mass is 9.98. The van der Waals surface area contributed by atoms with Crippen molar-refractivity contribution in [2.75, 3.05) is 19.7 Å². The van der Waals surface area contributed by atoms with E-state index in [9.17, 15) is 0 Å². The summed E-state index contributed by atoms with van der Waals surface area (Å²) in [6.45, 7) is 3.36. The summed E-state index contributed by atoms with van der Waals surface area (Å²) in [5.74, 6) is 0.494. The van der Waals surface area contributed by atoms with Gasteiger partial charge in [-0.2, -0.15) is 0 Å². The highest BCUT2D eigenvalue weighted by Gasteiger charge is 2.19. The molecule has 1 aliphatic heterocycles. The van der Waals surface area contributed by atoms with Crippen LogP contribution < -0.4 is 0 Å². The number of furan rings is 1. The molecule has 102 valence electrons. The fraction of sp³-hybridized carbons (Fsp3) is 0.500. The molecule has 0 amide bonds. The fourth-order valence-corrected chi connectivity index (χ4v) is 3.25. The minimum atomic E-state index is 0.329. The van der Waals surface area contributed by atoms with E-state index in [1.807, 2.05) is 6.07 Å². The molecule has 1 saturated heterocycles. The van der Waals surface area contributed by atoms with Crippen LogP contribution in [0.5, 0.6) is 0 Å². The number of piperidine rings is 1. The van der Waals surface area contributed by atoms with Gasteiger partial charge < -0.3 is 9.52 Å². The summed E-state index contributed by atoms with van der Waals surface area (Å²) in [6, 6.07) is 1.94. The number of rotatable bonds is 4. The molecule has 0 saturated carbocycles. The van der Waals surface area contributed by atoms with Gasteiger partial charge >= 0.3 is 0 Å². The van der Waals surface area contributed by atoms with Gasteiger partial charge in [0.15, 0.2) is 0 Å². The zero-order valence-corrected chi connectivity index (χ0v) is 11.6. The van der Waals surface area contributed by atoms with Crippen molar-refractivity contribution in [3.8, 4) is 10.6 Å². The summed E-state index contributed by atoms with van der Waals surface area (Å²) in [7, 11) is 0. The van der Waals surface area contributed by atoms with Crippen LogP contribution in [0.15, 0.2) is 28.4 Å². The van der Waals surface area contributed by atoms with Crippen LogP contribution in [0.2, 0.25) is 0 Å². The van der Waals surface area contributed by atoms with Crippen LogP contribution in [0.1, 0.15) is 18.5 Å². The molecule has 4 nitrogen and oxygen atoms in total. The van der Waals surface area contributed by atoms with E-state index in [1.54, 1.807) is 23.9 Å². The second-order valence-electron chi connectivity index (χ2n) is 5.06. The van der Waals surface area contributed by atoms with E-state index in [1.165, 1.54) is 0 Å². The van der Waals surface area contributed by atoms with Gasteiger partial charge in [-0.15, -0.1) is 11.3 Å². The van der Waals surface area contributed by atoms with E-state index in [0.717, 1.165) is 48.7 Å². The van der Waals surface area contributed by atoms with E-state index in [2.05, 4.69) is 15.3 Å². The molecule has 5 heteroatoms. The Balaban J connectivity index is 1.59. The first kappa shape index (κ1) is 12.8. The Morgan fingerprint density at radius 1 is 1.42 bits per heavy atom.